The molecule has 1 aromatic rings. The molecule has 1 heterocycles. The summed E-state index contributed by atoms with van der Waals surface area (Å²) in [5.74, 6) is -2.40. The maximum Gasteiger partial charge on any atom is 0.288 e. The number of benzene rings is 1. The Labute approximate surface area is 110 Å². The minimum atomic E-state index is -2.40. The van der Waals surface area contributed by atoms with Crippen LogP contribution in [0.3, 0.4) is 0 Å². The summed E-state index contributed by atoms with van der Waals surface area (Å²) in [5.41, 5.74) is 0.570. The van der Waals surface area contributed by atoms with E-state index < -0.39 is 5.76 Å². The van der Waals surface area contributed by atoms with Crippen molar-refractivity contribution in [2.24, 2.45) is 10.2 Å². The molecular formula is C9H7F2N3S3. The highest BCUT2D eigenvalue weighted by atomic mass is 32.2. The number of anilines is 1. The molecule has 1 atom stereocenters. The van der Waals surface area contributed by atoms with Crippen LogP contribution in [-0.4, -0.2) is 15.6 Å². The monoisotopic (exact) mass is 291 g/mol. The van der Waals surface area contributed by atoms with Crippen molar-refractivity contribution in [1.82, 2.24) is 0 Å². The van der Waals surface area contributed by atoms with E-state index in [4.69, 9.17) is 12.2 Å². The number of nitrogens with zero attached hydrogens (tertiary/aromatic N) is 2. The summed E-state index contributed by atoms with van der Waals surface area (Å²) in [6, 6.07) is 6.72. The maximum atomic E-state index is 12.1. The van der Waals surface area contributed by atoms with Crippen molar-refractivity contribution in [1.29, 1.82) is 0 Å². The number of nitrogens with one attached hydrogen (secondary N) is 1. The summed E-state index contributed by atoms with van der Waals surface area (Å²) in [6.45, 7) is 0. The zero-order valence-corrected chi connectivity index (χ0v) is 10.8. The SMILES string of the molecule is FC(F)Sc1ccc(NC2N=NC(=S)S2)cc1. The molecule has 90 valence electrons. The largest absolute Gasteiger partial charge is 0.354 e. The molecule has 0 aromatic heterocycles. The lowest BCUT2D eigenvalue weighted by Gasteiger charge is -2.09. The predicted molar refractivity (Wildman–Crippen MR) is 70.8 cm³/mol. The zero-order chi connectivity index (χ0) is 12.3. The second-order valence-electron chi connectivity index (χ2n) is 3.00. The summed E-state index contributed by atoms with van der Waals surface area (Å²) >= 11 is 6.71. The van der Waals surface area contributed by atoms with Gasteiger partial charge in [0.2, 0.25) is 0 Å². The van der Waals surface area contributed by atoms with Gasteiger partial charge in [-0.3, -0.25) is 0 Å². The average molecular weight is 291 g/mol. The van der Waals surface area contributed by atoms with Crippen molar-refractivity contribution >= 4 is 45.7 Å². The molecule has 1 unspecified atom stereocenters. The molecule has 0 fully saturated rings. The molecule has 1 aliphatic rings. The Kier molecular flexibility index (Phi) is 4.30. The van der Waals surface area contributed by atoms with Crippen molar-refractivity contribution in [3.05, 3.63) is 24.3 Å². The first kappa shape index (κ1) is 12.7. The topological polar surface area (TPSA) is 36.8 Å². The fourth-order valence-electron chi connectivity index (χ4n) is 1.18. The lowest BCUT2D eigenvalue weighted by Crippen LogP contribution is -2.09. The van der Waals surface area contributed by atoms with Crippen molar-refractivity contribution < 1.29 is 8.78 Å². The summed E-state index contributed by atoms with van der Waals surface area (Å²) in [5, 5.41) is 10.7. The van der Waals surface area contributed by atoms with Gasteiger partial charge in [0.1, 0.15) is 0 Å². The summed E-state index contributed by atoms with van der Waals surface area (Å²) in [6.07, 6.45) is 0. The molecular weight excluding hydrogens is 284 g/mol. The number of thioether (sulfide) groups is 2. The Morgan fingerprint density at radius 2 is 2.06 bits per heavy atom. The molecule has 0 aliphatic carbocycles. The van der Waals surface area contributed by atoms with Crippen molar-refractivity contribution in [3.63, 3.8) is 0 Å². The number of rotatable bonds is 4. The van der Waals surface area contributed by atoms with E-state index in [0.717, 1.165) is 5.69 Å². The first-order chi connectivity index (χ1) is 8.13. The zero-order valence-electron chi connectivity index (χ0n) is 8.34. The van der Waals surface area contributed by atoms with E-state index in [0.29, 0.717) is 21.0 Å². The summed E-state index contributed by atoms with van der Waals surface area (Å²) in [4.78, 5) is 0.529. The molecule has 17 heavy (non-hydrogen) atoms. The van der Waals surface area contributed by atoms with Gasteiger partial charge in [-0.15, -0.1) is 10.2 Å². The van der Waals surface area contributed by atoms with E-state index in [1.54, 1.807) is 24.3 Å². The molecule has 0 saturated heterocycles. The Hall–Kier alpha value is -0.730. The molecule has 1 N–H and O–H groups in total. The van der Waals surface area contributed by atoms with Crippen LogP contribution in [0, 0.1) is 0 Å². The van der Waals surface area contributed by atoms with Gasteiger partial charge in [0.15, 0.2) is 9.82 Å². The Morgan fingerprint density at radius 1 is 1.35 bits per heavy atom. The van der Waals surface area contributed by atoms with Crippen LogP contribution in [0.4, 0.5) is 14.5 Å². The fourth-order valence-corrected chi connectivity index (χ4v) is 2.57. The number of hydrogen-bond acceptors (Lipinski definition) is 5. The predicted octanol–water partition coefficient (Wildman–Crippen LogP) is 4.18. The van der Waals surface area contributed by atoms with E-state index in [9.17, 15) is 8.78 Å². The Morgan fingerprint density at radius 3 is 2.59 bits per heavy atom. The number of halogens is 2. The first-order valence-corrected chi connectivity index (χ1v) is 6.73. The lowest BCUT2D eigenvalue weighted by atomic mass is 10.3. The van der Waals surface area contributed by atoms with Gasteiger partial charge in [-0.1, -0.05) is 11.8 Å². The molecule has 0 saturated carbocycles. The molecule has 1 aromatic carbocycles. The molecule has 0 spiro atoms. The van der Waals surface area contributed by atoms with Gasteiger partial charge in [-0.05, 0) is 48.2 Å². The van der Waals surface area contributed by atoms with E-state index in [1.165, 1.54) is 11.8 Å². The van der Waals surface area contributed by atoms with Gasteiger partial charge in [-0.2, -0.15) is 8.78 Å². The molecule has 3 nitrogen and oxygen atoms in total. The van der Waals surface area contributed by atoms with Crippen LogP contribution in [0.25, 0.3) is 0 Å². The normalized spacial score (nSPS) is 19.0. The molecule has 1 aliphatic heterocycles. The van der Waals surface area contributed by atoms with E-state index in [2.05, 4.69) is 15.5 Å². The van der Waals surface area contributed by atoms with Gasteiger partial charge in [0.05, 0.1) is 0 Å². The third-order valence-electron chi connectivity index (χ3n) is 1.83. The van der Waals surface area contributed by atoms with Crippen LogP contribution in [0.15, 0.2) is 39.4 Å². The van der Waals surface area contributed by atoms with Gasteiger partial charge in [-0.25, -0.2) is 0 Å². The highest BCUT2D eigenvalue weighted by Gasteiger charge is 2.16. The van der Waals surface area contributed by atoms with E-state index >= 15 is 0 Å². The van der Waals surface area contributed by atoms with Crippen molar-refractivity contribution in [2.75, 3.05) is 5.32 Å². The van der Waals surface area contributed by atoms with Gasteiger partial charge >= 0.3 is 0 Å². The second-order valence-corrected chi connectivity index (χ2v) is 5.78. The highest BCUT2D eigenvalue weighted by Crippen LogP contribution is 2.28. The van der Waals surface area contributed by atoms with Crippen LogP contribution < -0.4 is 5.32 Å². The first-order valence-electron chi connectivity index (χ1n) is 4.56. The van der Waals surface area contributed by atoms with Crippen molar-refractivity contribution in [3.8, 4) is 0 Å². The van der Waals surface area contributed by atoms with E-state index in [1.807, 2.05) is 0 Å². The van der Waals surface area contributed by atoms with Gasteiger partial charge in [0.25, 0.3) is 5.76 Å². The van der Waals surface area contributed by atoms with Crippen LogP contribution >= 0.6 is 35.7 Å². The minimum absolute atomic E-state index is 0.226. The second kappa shape index (κ2) is 5.74. The van der Waals surface area contributed by atoms with Gasteiger partial charge in [0, 0.05) is 10.6 Å². The molecule has 2 rings (SSSR count). The number of alkyl halides is 2. The Bertz CT molecular complexity index is 436. The Balaban J connectivity index is 1.94. The van der Waals surface area contributed by atoms with Crippen LogP contribution in [0.1, 0.15) is 0 Å². The van der Waals surface area contributed by atoms with Crippen LogP contribution in [-0.2, 0) is 0 Å². The molecule has 0 amide bonds. The summed E-state index contributed by atoms with van der Waals surface area (Å²) < 4.78 is 24.7. The maximum absolute atomic E-state index is 12.1. The molecule has 0 radical (unpaired) electrons. The molecule has 0 bridgehead atoms. The number of hydrogen-bond donors (Lipinski definition) is 1. The fraction of sp³-hybridized carbons (Fsp3) is 0.222. The highest BCUT2D eigenvalue weighted by molar-refractivity contribution is 8.23. The van der Waals surface area contributed by atoms with Crippen LogP contribution in [0.2, 0.25) is 0 Å². The van der Waals surface area contributed by atoms with Crippen LogP contribution in [0.5, 0.6) is 0 Å². The minimum Gasteiger partial charge on any atom is -0.354 e. The average Bonchev–Trinajstić information content (AvgIpc) is 2.66. The van der Waals surface area contributed by atoms with Crippen molar-refractivity contribution in [2.45, 2.75) is 16.2 Å². The smallest absolute Gasteiger partial charge is 0.288 e. The van der Waals surface area contributed by atoms with E-state index in [-0.39, 0.29) is 5.50 Å². The molecule has 8 heteroatoms. The number of azo groups is 1. The lowest BCUT2D eigenvalue weighted by molar-refractivity contribution is 0.252. The van der Waals surface area contributed by atoms with Gasteiger partial charge < -0.3 is 5.32 Å². The third-order valence-corrected chi connectivity index (χ3v) is 3.64. The quantitative estimate of drug-likeness (QED) is 0.667. The standard InChI is InChI=1S/C9H7F2N3S3/c10-7(11)16-6-3-1-5(2-4-6)12-8-13-14-9(15)17-8/h1-4,7-8,12H. The third kappa shape index (κ3) is 3.90. The summed E-state index contributed by atoms with van der Waals surface area (Å²) in [7, 11) is 0. The number of thiocarbonyl (C=S) groups is 1.